The first-order chi connectivity index (χ1) is 7.17. The summed E-state index contributed by atoms with van der Waals surface area (Å²) in [7, 11) is 1.69. The van der Waals surface area contributed by atoms with E-state index in [2.05, 4.69) is 24.9 Å². The van der Waals surface area contributed by atoms with Gasteiger partial charge in [0.05, 0.1) is 7.11 Å². The molecule has 0 amide bonds. The number of aryl methyl sites for hydroxylation is 1. The van der Waals surface area contributed by atoms with Crippen LogP contribution in [-0.4, -0.2) is 13.7 Å². The lowest BCUT2D eigenvalue weighted by Gasteiger charge is -2.10. The smallest absolute Gasteiger partial charge is 0.121 e. The molecule has 0 aliphatic heterocycles. The number of methoxy groups -OCH3 is 1. The van der Waals surface area contributed by atoms with Gasteiger partial charge in [-0.15, -0.1) is 0 Å². The number of rotatable bonds is 5. The van der Waals surface area contributed by atoms with Gasteiger partial charge in [0.2, 0.25) is 0 Å². The van der Waals surface area contributed by atoms with Crippen molar-refractivity contribution >= 4 is 5.69 Å². The third-order valence-electron chi connectivity index (χ3n) is 2.44. The predicted molar refractivity (Wildman–Crippen MR) is 65.7 cm³/mol. The van der Waals surface area contributed by atoms with Gasteiger partial charge in [0.25, 0.3) is 0 Å². The minimum absolute atomic E-state index is 0.836. The minimum atomic E-state index is 0.836. The highest BCUT2D eigenvalue weighted by molar-refractivity contribution is 5.51. The average Bonchev–Trinajstić information content (AvgIpc) is 2.26. The molecule has 1 N–H and O–H groups in total. The van der Waals surface area contributed by atoms with Crippen LogP contribution in [0.2, 0.25) is 0 Å². The fourth-order valence-electron chi connectivity index (χ4n) is 1.34. The zero-order chi connectivity index (χ0) is 11.3. The highest BCUT2D eigenvalue weighted by Crippen LogP contribution is 2.21. The molecule has 1 rings (SSSR count). The van der Waals surface area contributed by atoms with Crippen LogP contribution in [0.15, 0.2) is 30.4 Å². The third kappa shape index (κ3) is 3.31. The van der Waals surface area contributed by atoms with E-state index >= 15 is 0 Å². The Labute approximate surface area is 92.0 Å². The summed E-state index contributed by atoms with van der Waals surface area (Å²) in [4.78, 5) is 0. The molecule has 0 radical (unpaired) electrons. The Hall–Kier alpha value is -1.44. The lowest BCUT2D eigenvalue weighted by atomic mass is 10.2. The third-order valence-corrected chi connectivity index (χ3v) is 2.44. The molecule has 0 aliphatic carbocycles. The molecule has 1 aromatic rings. The van der Waals surface area contributed by atoms with Crippen molar-refractivity contribution in [3.63, 3.8) is 0 Å². The van der Waals surface area contributed by atoms with Gasteiger partial charge in [-0.3, -0.25) is 0 Å². The van der Waals surface area contributed by atoms with Gasteiger partial charge in [-0.05, 0) is 37.1 Å². The monoisotopic (exact) mass is 205 g/mol. The van der Waals surface area contributed by atoms with E-state index in [-0.39, 0.29) is 0 Å². The lowest BCUT2D eigenvalue weighted by Crippen LogP contribution is -2.03. The molecule has 2 heteroatoms. The summed E-state index contributed by atoms with van der Waals surface area (Å²) < 4.78 is 5.20. The van der Waals surface area contributed by atoms with Gasteiger partial charge in [-0.25, -0.2) is 0 Å². The van der Waals surface area contributed by atoms with Crippen molar-refractivity contribution in [3.8, 4) is 5.75 Å². The SMILES string of the molecule is C=C(CC)CNc1ccc(OC)c(C)c1. The maximum absolute atomic E-state index is 5.20. The molecule has 1 aromatic carbocycles. The number of ether oxygens (including phenoxy) is 1. The Morgan fingerprint density at radius 2 is 2.20 bits per heavy atom. The first-order valence-electron chi connectivity index (χ1n) is 5.22. The number of anilines is 1. The van der Waals surface area contributed by atoms with Crippen LogP contribution in [0.3, 0.4) is 0 Å². The largest absolute Gasteiger partial charge is 0.496 e. The Balaban J connectivity index is 2.63. The molecule has 0 spiro atoms. The zero-order valence-corrected chi connectivity index (χ0v) is 9.76. The summed E-state index contributed by atoms with van der Waals surface area (Å²) in [5.41, 5.74) is 3.47. The van der Waals surface area contributed by atoms with Crippen LogP contribution in [-0.2, 0) is 0 Å². The molecule has 0 fully saturated rings. The lowest BCUT2D eigenvalue weighted by molar-refractivity contribution is 0.412. The Kier molecular flexibility index (Phi) is 4.22. The molecular formula is C13H19NO. The average molecular weight is 205 g/mol. The second-order valence-corrected chi connectivity index (χ2v) is 3.64. The fourth-order valence-corrected chi connectivity index (χ4v) is 1.34. The summed E-state index contributed by atoms with van der Waals surface area (Å²) in [6, 6.07) is 6.09. The Morgan fingerprint density at radius 1 is 1.47 bits per heavy atom. The van der Waals surface area contributed by atoms with Crippen molar-refractivity contribution in [1.29, 1.82) is 0 Å². The van der Waals surface area contributed by atoms with Crippen molar-refractivity contribution in [2.75, 3.05) is 19.0 Å². The van der Waals surface area contributed by atoms with Gasteiger partial charge >= 0.3 is 0 Å². The van der Waals surface area contributed by atoms with Gasteiger partial charge in [-0.1, -0.05) is 19.1 Å². The standard InChI is InChI=1S/C13H19NO/c1-5-10(2)9-14-12-6-7-13(15-4)11(3)8-12/h6-8,14H,2,5,9H2,1,3-4H3. The summed E-state index contributed by atoms with van der Waals surface area (Å²) in [5, 5.41) is 3.33. The first kappa shape index (κ1) is 11.6. The van der Waals surface area contributed by atoms with E-state index in [1.807, 2.05) is 19.1 Å². The van der Waals surface area contributed by atoms with Crippen LogP contribution in [0.5, 0.6) is 5.75 Å². The summed E-state index contributed by atoms with van der Waals surface area (Å²) >= 11 is 0. The van der Waals surface area contributed by atoms with Crippen LogP contribution < -0.4 is 10.1 Å². The molecule has 0 aromatic heterocycles. The van der Waals surface area contributed by atoms with Crippen LogP contribution in [0.4, 0.5) is 5.69 Å². The second kappa shape index (κ2) is 5.44. The molecule has 0 unspecified atom stereocenters. The van der Waals surface area contributed by atoms with E-state index in [0.29, 0.717) is 0 Å². The quantitative estimate of drug-likeness (QED) is 0.744. The van der Waals surface area contributed by atoms with Crippen molar-refractivity contribution < 1.29 is 4.74 Å². The van der Waals surface area contributed by atoms with E-state index in [1.165, 1.54) is 5.57 Å². The minimum Gasteiger partial charge on any atom is -0.496 e. The summed E-state index contributed by atoms with van der Waals surface area (Å²) in [6.07, 6.45) is 1.02. The van der Waals surface area contributed by atoms with Gasteiger partial charge in [-0.2, -0.15) is 0 Å². The number of benzene rings is 1. The normalized spacial score (nSPS) is 9.80. The van der Waals surface area contributed by atoms with Gasteiger partial charge in [0.15, 0.2) is 0 Å². The predicted octanol–water partition coefficient (Wildman–Crippen LogP) is 3.38. The van der Waals surface area contributed by atoms with Crippen LogP contribution in [0.25, 0.3) is 0 Å². The number of nitrogens with one attached hydrogen (secondary N) is 1. The maximum Gasteiger partial charge on any atom is 0.121 e. The highest BCUT2D eigenvalue weighted by Gasteiger charge is 1.99. The molecule has 82 valence electrons. The molecule has 15 heavy (non-hydrogen) atoms. The van der Waals surface area contributed by atoms with E-state index in [9.17, 15) is 0 Å². The molecule has 0 saturated carbocycles. The van der Waals surface area contributed by atoms with E-state index < -0.39 is 0 Å². The molecule has 0 bridgehead atoms. The van der Waals surface area contributed by atoms with Crippen molar-refractivity contribution in [2.45, 2.75) is 20.3 Å². The summed E-state index contributed by atoms with van der Waals surface area (Å²) in [5.74, 6) is 0.926. The van der Waals surface area contributed by atoms with Crippen molar-refractivity contribution in [1.82, 2.24) is 0 Å². The van der Waals surface area contributed by atoms with Crippen LogP contribution in [0, 0.1) is 6.92 Å². The first-order valence-corrected chi connectivity index (χ1v) is 5.22. The molecule has 0 heterocycles. The summed E-state index contributed by atoms with van der Waals surface area (Å²) in [6.45, 7) is 8.95. The van der Waals surface area contributed by atoms with Gasteiger partial charge in [0.1, 0.15) is 5.75 Å². The molecule has 0 saturated heterocycles. The highest BCUT2D eigenvalue weighted by atomic mass is 16.5. The van der Waals surface area contributed by atoms with Crippen molar-refractivity contribution in [2.24, 2.45) is 0 Å². The topological polar surface area (TPSA) is 21.3 Å². The van der Waals surface area contributed by atoms with Gasteiger partial charge in [0, 0.05) is 12.2 Å². The van der Waals surface area contributed by atoms with E-state index in [0.717, 1.165) is 30.0 Å². The maximum atomic E-state index is 5.20. The molecular weight excluding hydrogens is 186 g/mol. The molecule has 2 nitrogen and oxygen atoms in total. The molecule has 0 aliphatic rings. The van der Waals surface area contributed by atoms with Crippen LogP contribution in [0.1, 0.15) is 18.9 Å². The zero-order valence-electron chi connectivity index (χ0n) is 9.76. The fraction of sp³-hybridized carbons (Fsp3) is 0.385. The number of hydrogen-bond donors (Lipinski definition) is 1. The van der Waals surface area contributed by atoms with E-state index in [1.54, 1.807) is 7.11 Å². The Morgan fingerprint density at radius 3 is 2.73 bits per heavy atom. The van der Waals surface area contributed by atoms with Gasteiger partial charge < -0.3 is 10.1 Å². The Bertz CT molecular complexity index is 344. The van der Waals surface area contributed by atoms with Crippen molar-refractivity contribution in [3.05, 3.63) is 35.9 Å². The second-order valence-electron chi connectivity index (χ2n) is 3.64. The molecule has 0 atom stereocenters. The number of hydrogen-bond acceptors (Lipinski definition) is 2. The van der Waals surface area contributed by atoms with Crippen LogP contribution >= 0.6 is 0 Å². The van der Waals surface area contributed by atoms with E-state index in [4.69, 9.17) is 4.74 Å².